The molecule has 2 rings (SSSR count). The van der Waals surface area contributed by atoms with Gasteiger partial charge in [-0.1, -0.05) is 41.6 Å². The second-order valence-corrected chi connectivity index (χ2v) is 4.29. The van der Waals surface area contributed by atoms with Gasteiger partial charge in [-0.05, 0) is 12.1 Å². The topological polar surface area (TPSA) is 45.4 Å². The highest BCUT2D eigenvalue weighted by molar-refractivity contribution is 5.82. The van der Waals surface area contributed by atoms with Gasteiger partial charge in [0.15, 0.2) is 0 Å². The van der Waals surface area contributed by atoms with E-state index in [4.69, 9.17) is 10.1 Å². The molecule has 0 heterocycles. The van der Waals surface area contributed by atoms with Crippen LogP contribution in [0.3, 0.4) is 0 Å². The van der Waals surface area contributed by atoms with Crippen LogP contribution >= 0.6 is 0 Å². The number of nitriles is 1. The van der Waals surface area contributed by atoms with Gasteiger partial charge in [0.2, 0.25) is 0 Å². The van der Waals surface area contributed by atoms with Gasteiger partial charge in [0.1, 0.15) is 12.8 Å². The van der Waals surface area contributed by atoms with Crippen LogP contribution < -0.4 is 0 Å². The van der Waals surface area contributed by atoms with Crippen LogP contribution in [0.15, 0.2) is 53.7 Å². The average molecular weight is 303 g/mol. The lowest BCUT2D eigenvalue weighted by atomic mass is 10.1. The van der Waals surface area contributed by atoms with Crippen molar-refractivity contribution in [3.63, 3.8) is 0 Å². The molecule has 0 spiro atoms. The normalized spacial score (nSPS) is 11.4. The van der Waals surface area contributed by atoms with Crippen molar-refractivity contribution < 1.29 is 18.0 Å². The molecule has 6 heteroatoms. The Morgan fingerprint density at radius 1 is 1.00 bits per heavy atom. The molecule has 2 aromatic rings. The van der Waals surface area contributed by atoms with Crippen LogP contribution in [0.1, 0.15) is 22.3 Å². The lowest BCUT2D eigenvalue weighted by Crippen LogP contribution is -2.09. The first-order chi connectivity index (χ1) is 10.5. The van der Waals surface area contributed by atoms with E-state index in [9.17, 15) is 13.2 Å². The molecule has 0 aliphatic heterocycles. The molecule has 0 amide bonds. The summed E-state index contributed by atoms with van der Waals surface area (Å²) in [5, 5.41) is 12.4. The summed E-state index contributed by atoms with van der Waals surface area (Å²) in [7, 11) is 0. The van der Waals surface area contributed by atoms with Crippen molar-refractivity contribution in [3.8, 4) is 6.07 Å². The van der Waals surface area contributed by atoms with Crippen LogP contribution in [0.2, 0.25) is 0 Å². The molecule has 3 nitrogen and oxygen atoms in total. The van der Waals surface area contributed by atoms with Crippen LogP contribution in [0.5, 0.6) is 0 Å². The first-order valence-electron chi connectivity index (χ1n) is 6.24. The van der Waals surface area contributed by atoms with Gasteiger partial charge in [0.05, 0.1) is 17.2 Å². The summed E-state index contributed by atoms with van der Waals surface area (Å²) in [6.07, 6.45) is -1.95. The second-order valence-electron chi connectivity index (χ2n) is 4.29. The minimum absolute atomic E-state index is 0.0193. The van der Waals surface area contributed by atoms with Gasteiger partial charge in [-0.25, -0.2) is 0 Å². The molecule has 0 aliphatic rings. The Morgan fingerprint density at radius 3 is 2.32 bits per heavy atom. The van der Waals surface area contributed by atoms with E-state index in [0.717, 1.165) is 6.07 Å². The molecule has 0 fully saturated rings. The van der Waals surface area contributed by atoms with Gasteiger partial charge < -0.3 is 4.84 Å². The molecule has 1 radical (unpaired) electrons. The van der Waals surface area contributed by atoms with Gasteiger partial charge in [-0.2, -0.15) is 18.4 Å². The smallest absolute Gasteiger partial charge is 0.390 e. The summed E-state index contributed by atoms with van der Waals surface area (Å²) in [5.41, 5.74) is -0.0172. The second kappa shape index (κ2) is 6.76. The molecular formula is C16H10F3N2O. The summed E-state index contributed by atoms with van der Waals surface area (Å²) in [6.45, 7) is -0.336. The molecule has 111 valence electrons. The van der Waals surface area contributed by atoms with Crippen LogP contribution in [0, 0.1) is 11.3 Å². The SMILES string of the molecule is N#Cc1ccccc1/[C]=N\OCc1ccccc1C(F)(F)F. The zero-order valence-corrected chi connectivity index (χ0v) is 11.3. The van der Waals surface area contributed by atoms with Crippen LogP contribution in [0.25, 0.3) is 0 Å². The summed E-state index contributed by atoms with van der Waals surface area (Å²) in [6, 6.07) is 13.6. The van der Waals surface area contributed by atoms with E-state index < -0.39 is 11.7 Å². The van der Waals surface area contributed by atoms with Crippen LogP contribution in [-0.4, -0.2) is 6.21 Å². The Morgan fingerprint density at radius 2 is 1.64 bits per heavy atom. The number of alkyl halides is 3. The van der Waals surface area contributed by atoms with Crippen molar-refractivity contribution in [3.05, 3.63) is 70.8 Å². The van der Waals surface area contributed by atoms with Crippen molar-refractivity contribution in [1.82, 2.24) is 0 Å². The molecule has 0 aromatic heterocycles. The molecule has 22 heavy (non-hydrogen) atoms. The third-order valence-electron chi connectivity index (χ3n) is 2.82. The highest BCUT2D eigenvalue weighted by Crippen LogP contribution is 2.32. The molecular weight excluding hydrogens is 293 g/mol. The minimum atomic E-state index is -4.44. The van der Waals surface area contributed by atoms with E-state index in [1.807, 2.05) is 6.07 Å². The van der Waals surface area contributed by atoms with E-state index >= 15 is 0 Å². The van der Waals surface area contributed by atoms with Crippen molar-refractivity contribution in [2.75, 3.05) is 0 Å². The molecule has 2 aromatic carbocycles. The van der Waals surface area contributed by atoms with Crippen molar-refractivity contribution >= 4 is 6.21 Å². The molecule has 0 atom stereocenters. The first-order valence-corrected chi connectivity index (χ1v) is 6.24. The lowest BCUT2D eigenvalue weighted by Gasteiger charge is -2.11. The molecule has 0 saturated heterocycles. The van der Waals surface area contributed by atoms with Crippen molar-refractivity contribution in [2.45, 2.75) is 12.8 Å². The number of benzene rings is 2. The number of hydrogen-bond acceptors (Lipinski definition) is 3. The monoisotopic (exact) mass is 303 g/mol. The predicted molar refractivity (Wildman–Crippen MR) is 73.9 cm³/mol. The van der Waals surface area contributed by atoms with Gasteiger partial charge in [-0.15, -0.1) is 0 Å². The lowest BCUT2D eigenvalue weighted by molar-refractivity contribution is -0.138. The van der Waals surface area contributed by atoms with E-state index in [0.29, 0.717) is 11.1 Å². The third-order valence-corrected chi connectivity index (χ3v) is 2.82. The summed E-state index contributed by atoms with van der Waals surface area (Å²) < 4.78 is 38.4. The van der Waals surface area contributed by atoms with Crippen LogP contribution in [0.4, 0.5) is 13.2 Å². The summed E-state index contributed by atoms with van der Waals surface area (Å²) in [4.78, 5) is 4.86. The Bertz CT molecular complexity index is 718. The van der Waals surface area contributed by atoms with Gasteiger partial charge in [-0.3, -0.25) is 0 Å². The largest absolute Gasteiger partial charge is 0.416 e. The number of rotatable bonds is 4. The van der Waals surface area contributed by atoms with Crippen LogP contribution in [-0.2, 0) is 17.6 Å². The molecule has 0 saturated carbocycles. The van der Waals surface area contributed by atoms with Gasteiger partial charge in [0, 0.05) is 11.1 Å². The quantitative estimate of drug-likeness (QED) is 0.633. The standard InChI is InChI=1S/C16H10F3N2O/c17-16(18,19)15-8-4-3-7-14(15)11-22-21-10-13-6-2-1-5-12(13)9-20/h1-8H,11H2. The summed E-state index contributed by atoms with van der Waals surface area (Å²) >= 11 is 0. The maximum absolute atomic E-state index is 12.8. The van der Waals surface area contributed by atoms with Crippen molar-refractivity contribution in [1.29, 1.82) is 5.26 Å². The fraction of sp³-hybridized carbons (Fsp3) is 0.125. The predicted octanol–water partition coefficient (Wildman–Crippen LogP) is 4.00. The maximum Gasteiger partial charge on any atom is 0.416 e. The fourth-order valence-corrected chi connectivity index (χ4v) is 1.78. The fourth-order valence-electron chi connectivity index (χ4n) is 1.78. The van der Waals surface area contributed by atoms with Gasteiger partial charge >= 0.3 is 6.18 Å². The minimum Gasteiger partial charge on any atom is -0.390 e. The molecule has 0 unspecified atom stereocenters. The zero-order valence-electron chi connectivity index (χ0n) is 11.3. The highest BCUT2D eigenvalue weighted by Gasteiger charge is 2.32. The Labute approximate surface area is 125 Å². The first kappa shape index (κ1) is 15.6. The highest BCUT2D eigenvalue weighted by atomic mass is 19.4. The number of hydrogen-bond donors (Lipinski definition) is 0. The third kappa shape index (κ3) is 3.85. The van der Waals surface area contributed by atoms with Crippen molar-refractivity contribution in [2.24, 2.45) is 5.16 Å². The van der Waals surface area contributed by atoms with E-state index in [1.165, 1.54) is 18.2 Å². The number of halogens is 3. The van der Waals surface area contributed by atoms with E-state index in [1.54, 1.807) is 24.3 Å². The Balaban J connectivity index is 2.06. The zero-order chi connectivity index (χ0) is 16.0. The molecule has 0 N–H and O–H groups in total. The molecule has 0 aliphatic carbocycles. The summed E-state index contributed by atoms with van der Waals surface area (Å²) in [5.74, 6) is 0. The van der Waals surface area contributed by atoms with E-state index in [-0.39, 0.29) is 12.2 Å². The Hall–Kier alpha value is -2.81. The Kier molecular flexibility index (Phi) is 4.79. The number of nitrogens with zero attached hydrogens (tertiary/aromatic N) is 2. The average Bonchev–Trinajstić information content (AvgIpc) is 2.51. The maximum atomic E-state index is 12.8. The molecule has 0 bridgehead atoms. The van der Waals surface area contributed by atoms with Gasteiger partial charge in [0.25, 0.3) is 0 Å². The van der Waals surface area contributed by atoms with E-state index in [2.05, 4.69) is 11.4 Å².